The number of para-hydroxylation sites is 2. The summed E-state index contributed by atoms with van der Waals surface area (Å²) in [5, 5.41) is 2.34. The average molecular weight is 461 g/mol. The third-order valence-corrected chi connectivity index (χ3v) is 6.57. The molecule has 5 rings (SSSR count). The van der Waals surface area contributed by atoms with Crippen LogP contribution in [0.5, 0.6) is 5.75 Å². The predicted molar refractivity (Wildman–Crippen MR) is 127 cm³/mol. The molecule has 0 spiro atoms. The molecule has 9 heteroatoms. The molecule has 0 aliphatic carbocycles. The van der Waals surface area contributed by atoms with Gasteiger partial charge in [0, 0.05) is 23.9 Å². The van der Waals surface area contributed by atoms with E-state index in [-0.39, 0.29) is 24.4 Å². The van der Waals surface area contributed by atoms with Gasteiger partial charge in [0.05, 0.1) is 24.1 Å². The molecule has 0 bridgehead atoms. The zero-order chi connectivity index (χ0) is 22.9. The first-order valence-electron chi connectivity index (χ1n) is 10.4. The fourth-order valence-electron chi connectivity index (χ4n) is 4.02. The van der Waals surface area contributed by atoms with Gasteiger partial charge in [0.1, 0.15) is 16.9 Å². The van der Waals surface area contributed by atoms with Gasteiger partial charge in [-0.15, -0.1) is 11.3 Å². The number of ether oxygens (including phenoxy) is 1. The number of hydrogen-bond acceptors (Lipinski definition) is 6. The Morgan fingerprint density at radius 3 is 2.67 bits per heavy atom. The molecule has 2 amide bonds. The van der Waals surface area contributed by atoms with Crippen molar-refractivity contribution in [3.63, 3.8) is 0 Å². The lowest BCUT2D eigenvalue weighted by Crippen LogP contribution is -2.37. The molecule has 1 N–H and O–H groups in total. The number of carbonyl (C=O) groups is 2. The monoisotopic (exact) mass is 460 g/mol. The molecular formula is C24H20N4O4S. The molecule has 1 atom stereocenters. The number of nitrogens with zero attached hydrogens (tertiary/aromatic N) is 3. The molecule has 33 heavy (non-hydrogen) atoms. The first-order valence-corrected chi connectivity index (χ1v) is 11.2. The highest BCUT2D eigenvalue weighted by molar-refractivity contribution is 7.17. The number of aromatic nitrogens is 2. The van der Waals surface area contributed by atoms with E-state index >= 15 is 0 Å². The van der Waals surface area contributed by atoms with Crippen LogP contribution in [0.1, 0.15) is 6.42 Å². The van der Waals surface area contributed by atoms with Gasteiger partial charge in [-0.25, -0.2) is 9.66 Å². The number of anilines is 1. The molecular weight excluding hydrogens is 440 g/mol. The Morgan fingerprint density at radius 2 is 1.88 bits per heavy atom. The molecule has 1 fully saturated rings. The minimum absolute atomic E-state index is 0.0437. The summed E-state index contributed by atoms with van der Waals surface area (Å²) in [4.78, 5) is 45.3. The van der Waals surface area contributed by atoms with Gasteiger partial charge in [0.2, 0.25) is 11.8 Å². The van der Waals surface area contributed by atoms with Gasteiger partial charge in [-0.3, -0.25) is 19.8 Å². The largest absolute Gasteiger partial charge is 0.495 e. The fraction of sp³-hybridized carbons (Fsp3) is 0.167. The van der Waals surface area contributed by atoms with Gasteiger partial charge in [0.15, 0.2) is 0 Å². The summed E-state index contributed by atoms with van der Waals surface area (Å²) in [6.45, 7) is 0.198. The van der Waals surface area contributed by atoms with Crippen molar-refractivity contribution in [2.24, 2.45) is 5.92 Å². The van der Waals surface area contributed by atoms with E-state index in [2.05, 4.69) is 10.4 Å². The van der Waals surface area contributed by atoms with Gasteiger partial charge < -0.3 is 9.64 Å². The summed E-state index contributed by atoms with van der Waals surface area (Å²) < 4.78 is 6.44. The number of rotatable bonds is 5. The molecule has 2 aromatic carbocycles. The van der Waals surface area contributed by atoms with Crippen molar-refractivity contribution in [2.75, 3.05) is 24.0 Å². The fourth-order valence-corrected chi connectivity index (χ4v) is 4.93. The minimum Gasteiger partial charge on any atom is -0.495 e. The Morgan fingerprint density at radius 1 is 1.12 bits per heavy atom. The number of fused-ring (bicyclic) bond motifs is 1. The number of methoxy groups -OCH3 is 1. The maximum Gasteiger partial charge on any atom is 0.281 e. The van der Waals surface area contributed by atoms with Crippen LogP contribution in [0.2, 0.25) is 0 Å². The van der Waals surface area contributed by atoms with Gasteiger partial charge >= 0.3 is 0 Å². The second-order valence-electron chi connectivity index (χ2n) is 7.67. The van der Waals surface area contributed by atoms with E-state index in [0.29, 0.717) is 21.7 Å². The maximum absolute atomic E-state index is 13.2. The normalized spacial score (nSPS) is 15.7. The Balaban J connectivity index is 1.40. The number of amides is 2. The lowest BCUT2D eigenvalue weighted by Gasteiger charge is -2.19. The minimum atomic E-state index is -0.610. The van der Waals surface area contributed by atoms with Crippen molar-refractivity contribution in [2.45, 2.75) is 6.42 Å². The molecule has 0 saturated carbocycles. The lowest BCUT2D eigenvalue weighted by molar-refractivity contribution is -0.123. The molecule has 8 nitrogen and oxygen atoms in total. The second kappa shape index (κ2) is 8.51. The third kappa shape index (κ3) is 3.76. The summed E-state index contributed by atoms with van der Waals surface area (Å²) in [6.07, 6.45) is 1.35. The quantitative estimate of drug-likeness (QED) is 0.494. The van der Waals surface area contributed by atoms with Crippen LogP contribution < -0.4 is 20.6 Å². The van der Waals surface area contributed by atoms with Crippen LogP contribution in [0.3, 0.4) is 0 Å². The molecule has 166 valence electrons. The highest BCUT2D eigenvalue weighted by Crippen LogP contribution is 2.33. The molecule has 1 unspecified atom stereocenters. The average Bonchev–Trinajstić information content (AvgIpc) is 3.45. The summed E-state index contributed by atoms with van der Waals surface area (Å²) in [5.74, 6) is -0.644. The first kappa shape index (κ1) is 20.9. The predicted octanol–water partition coefficient (Wildman–Crippen LogP) is 3.26. The van der Waals surface area contributed by atoms with Crippen LogP contribution in [0.25, 0.3) is 21.3 Å². The Hall–Kier alpha value is -3.98. The van der Waals surface area contributed by atoms with E-state index in [1.807, 2.05) is 47.8 Å². The van der Waals surface area contributed by atoms with E-state index in [1.54, 1.807) is 17.0 Å². The Labute approximate surface area is 193 Å². The molecule has 0 radical (unpaired) electrons. The van der Waals surface area contributed by atoms with Crippen LogP contribution >= 0.6 is 11.3 Å². The van der Waals surface area contributed by atoms with E-state index < -0.39 is 11.8 Å². The summed E-state index contributed by atoms with van der Waals surface area (Å²) in [7, 11) is 1.53. The number of nitrogens with one attached hydrogen (secondary N) is 1. The zero-order valence-corrected chi connectivity index (χ0v) is 18.5. The standard InChI is InChI=1S/C24H20N4O4S/c1-32-19-10-6-5-9-18(19)27-12-16(11-20(27)29)22(30)26-28-14-25-23-21(24(28)31)17(13-33-23)15-7-3-2-4-8-15/h2-10,13-14,16H,11-12H2,1H3,(H,26,30). The molecule has 3 heterocycles. The first-order chi connectivity index (χ1) is 16.1. The van der Waals surface area contributed by atoms with Gasteiger partial charge in [0.25, 0.3) is 5.56 Å². The summed E-state index contributed by atoms with van der Waals surface area (Å²) in [5.41, 5.74) is 4.56. The van der Waals surface area contributed by atoms with Crippen molar-refractivity contribution < 1.29 is 14.3 Å². The topological polar surface area (TPSA) is 93.5 Å². The van der Waals surface area contributed by atoms with Crippen molar-refractivity contribution in [3.8, 4) is 16.9 Å². The number of carbonyl (C=O) groups excluding carboxylic acids is 2. The summed E-state index contributed by atoms with van der Waals surface area (Å²) >= 11 is 1.38. The van der Waals surface area contributed by atoms with E-state index in [1.165, 1.54) is 24.8 Å². The van der Waals surface area contributed by atoms with Gasteiger partial charge in [-0.2, -0.15) is 0 Å². The Bertz CT molecular complexity index is 1410. The van der Waals surface area contributed by atoms with Crippen LogP contribution in [-0.2, 0) is 9.59 Å². The van der Waals surface area contributed by atoms with Crippen LogP contribution in [0.15, 0.2) is 71.1 Å². The number of thiophene rings is 1. The van der Waals surface area contributed by atoms with E-state index in [4.69, 9.17) is 4.74 Å². The second-order valence-corrected chi connectivity index (χ2v) is 8.53. The number of benzene rings is 2. The molecule has 1 aliphatic rings. The highest BCUT2D eigenvalue weighted by Gasteiger charge is 2.36. The van der Waals surface area contributed by atoms with Crippen molar-refractivity contribution in [1.29, 1.82) is 0 Å². The van der Waals surface area contributed by atoms with Gasteiger partial charge in [-0.05, 0) is 17.7 Å². The molecule has 1 saturated heterocycles. The van der Waals surface area contributed by atoms with Crippen LogP contribution in [0.4, 0.5) is 5.69 Å². The van der Waals surface area contributed by atoms with E-state index in [9.17, 15) is 14.4 Å². The lowest BCUT2D eigenvalue weighted by atomic mass is 10.1. The maximum atomic E-state index is 13.2. The molecule has 2 aromatic heterocycles. The molecule has 1 aliphatic heterocycles. The SMILES string of the molecule is COc1ccccc1N1CC(C(=O)Nn2cnc3scc(-c4ccccc4)c3c2=O)CC1=O. The smallest absolute Gasteiger partial charge is 0.281 e. The Kier molecular flexibility index (Phi) is 5.39. The van der Waals surface area contributed by atoms with Gasteiger partial charge in [-0.1, -0.05) is 42.5 Å². The van der Waals surface area contributed by atoms with Crippen molar-refractivity contribution in [3.05, 3.63) is 76.7 Å². The highest BCUT2D eigenvalue weighted by atomic mass is 32.1. The summed E-state index contributed by atoms with van der Waals surface area (Å²) in [6, 6.07) is 16.7. The van der Waals surface area contributed by atoms with Crippen LogP contribution in [-0.4, -0.2) is 35.1 Å². The van der Waals surface area contributed by atoms with Crippen molar-refractivity contribution in [1.82, 2.24) is 9.66 Å². The molecule has 4 aromatic rings. The van der Waals surface area contributed by atoms with Crippen LogP contribution in [0, 0.1) is 5.92 Å². The van der Waals surface area contributed by atoms with E-state index in [0.717, 1.165) is 15.8 Å². The zero-order valence-electron chi connectivity index (χ0n) is 17.7. The number of hydrogen-bond donors (Lipinski definition) is 1. The van der Waals surface area contributed by atoms with Crippen molar-refractivity contribution >= 4 is 39.1 Å². The third-order valence-electron chi connectivity index (χ3n) is 5.68.